The standard InChI is InChI=1S/C16H27N3O2S/c1-13(2)22(20,21)18-12-14(3)15-4-6-16(7-5-15)19-10-8-17-9-11-19/h4-7,13-14,17-18H,8-12H2,1-3H3. The van der Waals surface area contributed by atoms with Crippen LogP contribution in [0.2, 0.25) is 0 Å². The molecule has 1 aliphatic heterocycles. The summed E-state index contributed by atoms with van der Waals surface area (Å²) in [5, 5.41) is 2.95. The SMILES string of the molecule is CC(CNS(=O)(=O)C(C)C)c1ccc(N2CCNCC2)cc1. The van der Waals surface area contributed by atoms with Gasteiger partial charge >= 0.3 is 0 Å². The first-order chi connectivity index (χ1) is 10.4. The summed E-state index contributed by atoms with van der Waals surface area (Å²) in [6.45, 7) is 9.97. The Labute approximate surface area is 134 Å². The average Bonchev–Trinajstić information content (AvgIpc) is 2.53. The molecule has 0 aromatic heterocycles. The highest BCUT2D eigenvalue weighted by molar-refractivity contribution is 7.90. The van der Waals surface area contributed by atoms with Gasteiger partial charge in [0.05, 0.1) is 5.25 Å². The molecule has 1 atom stereocenters. The van der Waals surface area contributed by atoms with Crippen LogP contribution < -0.4 is 14.9 Å². The number of piperazine rings is 1. The zero-order valence-corrected chi connectivity index (χ0v) is 14.5. The molecule has 0 aliphatic carbocycles. The van der Waals surface area contributed by atoms with E-state index in [-0.39, 0.29) is 5.92 Å². The van der Waals surface area contributed by atoms with Gasteiger partial charge in [-0.05, 0) is 37.5 Å². The molecule has 6 heteroatoms. The highest BCUT2D eigenvalue weighted by Gasteiger charge is 2.17. The minimum Gasteiger partial charge on any atom is -0.369 e. The van der Waals surface area contributed by atoms with E-state index in [4.69, 9.17) is 0 Å². The summed E-state index contributed by atoms with van der Waals surface area (Å²) in [6, 6.07) is 8.47. The van der Waals surface area contributed by atoms with Crippen LogP contribution in [0.4, 0.5) is 5.69 Å². The number of sulfonamides is 1. The smallest absolute Gasteiger partial charge is 0.213 e. The van der Waals surface area contributed by atoms with E-state index in [9.17, 15) is 8.42 Å². The number of benzene rings is 1. The molecule has 0 bridgehead atoms. The average molecular weight is 325 g/mol. The highest BCUT2D eigenvalue weighted by Crippen LogP contribution is 2.20. The van der Waals surface area contributed by atoms with Crippen LogP contribution in [0.25, 0.3) is 0 Å². The normalized spacial score (nSPS) is 17.7. The molecule has 1 aromatic rings. The highest BCUT2D eigenvalue weighted by atomic mass is 32.2. The van der Waals surface area contributed by atoms with Gasteiger partial charge in [-0.25, -0.2) is 13.1 Å². The molecular weight excluding hydrogens is 298 g/mol. The van der Waals surface area contributed by atoms with Crippen molar-refractivity contribution in [2.45, 2.75) is 31.9 Å². The quantitative estimate of drug-likeness (QED) is 0.833. The van der Waals surface area contributed by atoms with Gasteiger partial charge in [0, 0.05) is 38.4 Å². The Bertz CT molecular complexity index is 564. The van der Waals surface area contributed by atoms with Crippen molar-refractivity contribution in [3.63, 3.8) is 0 Å². The number of hydrogen-bond donors (Lipinski definition) is 2. The summed E-state index contributed by atoms with van der Waals surface area (Å²) >= 11 is 0. The third kappa shape index (κ3) is 4.44. The lowest BCUT2D eigenvalue weighted by atomic mass is 10.0. The van der Waals surface area contributed by atoms with Gasteiger partial charge in [0.25, 0.3) is 0 Å². The van der Waals surface area contributed by atoms with Crippen molar-refractivity contribution in [1.29, 1.82) is 0 Å². The molecule has 1 unspecified atom stereocenters. The topological polar surface area (TPSA) is 61.4 Å². The fraction of sp³-hybridized carbons (Fsp3) is 0.625. The van der Waals surface area contributed by atoms with Crippen LogP contribution in [0.5, 0.6) is 0 Å². The number of nitrogens with zero attached hydrogens (tertiary/aromatic N) is 1. The molecule has 1 saturated heterocycles. The Morgan fingerprint density at radius 3 is 2.27 bits per heavy atom. The summed E-state index contributed by atoms with van der Waals surface area (Å²) in [5.74, 6) is 0.158. The monoisotopic (exact) mass is 325 g/mol. The molecule has 2 N–H and O–H groups in total. The molecule has 1 aliphatic rings. The first kappa shape index (κ1) is 17.2. The Balaban J connectivity index is 1.94. The molecule has 0 spiro atoms. The number of nitrogens with one attached hydrogen (secondary N) is 2. The van der Waals surface area contributed by atoms with Gasteiger partial charge in [-0.2, -0.15) is 0 Å². The second kappa shape index (κ2) is 7.44. The minimum atomic E-state index is -3.19. The van der Waals surface area contributed by atoms with Gasteiger partial charge in [-0.15, -0.1) is 0 Å². The van der Waals surface area contributed by atoms with Crippen molar-refractivity contribution in [2.24, 2.45) is 0 Å². The van der Waals surface area contributed by atoms with Gasteiger partial charge in [0.1, 0.15) is 0 Å². The predicted molar refractivity (Wildman–Crippen MR) is 92.0 cm³/mol. The maximum atomic E-state index is 11.8. The van der Waals surface area contributed by atoms with Crippen LogP contribution in [0.1, 0.15) is 32.3 Å². The molecule has 1 aromatic carbocycles. The fourth-order valence-corrected chi connectivity index (χ4v) is 3.28. The molecule has 22 heavy (non-hydrogen) atoms. The van der Waals surface area contributed by atoms with Crippen molar-refractivity contribution >= 4 is 15.7 Å². The summed E-state index contributed by atoms with van der Waals surface area (Å²) in [6.07, 6.45) is 0. The lowest BCUT2D eigenvalue weighted by Gasteiger charge is -2.29. The maximum absolute atomic E-state index is 11.8. The number of anilines is 1. The molecule has 0 amide bonds. The minimum absolute atomic E-state index is 0.158. The number of rotatable bonds is 6. The summed E-state index contributed by atoms with van der Waals surface area (Å²) in [7, 11) is -3.19. The van der Waals surface area contributed by atoms with Crippen LogP contribution >= 0.6 is 0 Å². The fourth-order valence-electron chi connectivity index (χ4n) is 2.46. The van der Waals surface area contributed by atoms with E-state index in [1.165, 1.54) is 5.69 Å². The summed E-state index contributed by atoms with van der Waals surface area (Å²) < 4.78 is 26.3. The van der Waals surface area contributed by atoms with E-state index in [1.807, 2.05) is 6.92 Å². The van der Waals surface area contributed by atoms with Gasteiger partial charge < -0.3 is 10.2 Å². The van der Waals surface area contributed by atoms with E-state index >= 15 is 0 Å². The van der Waals surface area contributed by atoms with E-state index < -0.39 is 15.3 Å². The molecule has 2 rings (SSSR count). The molecule has 0 radical (unpaired) electrons. The zero-order chi connectivity index (χ0) is 16.2. The van der Waals surface area contributed by atoms with E-state index in [0.29, 0.717) is 6.54 Å². The molecule has 0 saturated carbocycles. The molecule has 124 valence electrons. The van der Waals surface area contributed by atoms with Crippen molar-refractivity contribution in [1.82, 2.24) is 10.0 Å². The second-order valence-electron chi connectivity index (χ2n) is 6.17. The van der Waals surface area contributed by atoms with Gasteiger partial charge in [0.2, 0.25) is 10.0 Å². The van der Waals surface area contributed by atoms with Crippen molar-refractivity contribution in [3.05, 3.63) is 29.8 Å². The van der Waals surface area contributed by atoms with Crippen LogP contribution in [-0.4, -0.2) is 46.4 Å². The van der Waals surface area contributed by atoms with E-state index in [0.717, 1.165) is 31.7 Å². The van der Waals surface area contributed by atoms with Crippen molar-refractivity contribution < 1.29 is 8.42 Å². The maximum Gasteiger partial charge on any atom is 0.213 e. The van der Waals surface area contributed by atoms with Crippen LogP contribution in [0, 0.1) is 0 Å². The Morgan fingerprint density at radius 1 is 1.14 bits per heavy atom. The third-order valence-corrected chi connectivity index (χ3v) is 5.97. The molecule has 5 nitrogen and oxygen atoms in total. The summed E-state index contributed by atoms with van der Waals surface area (Å²) in [5.41, 5.74) is 2.39. The van der Waals surface area contributed by atoms with Crippen LogP contribution in [-0.2, 0) is 10.0 Å². The van der Waals surface area contributed by atoms with Crippen molar-refractivity contribution in [3.8, 4) is 0 Å². The molecule has 1 fully saturated rings. The zero-order valence-electron chi connectivity index (χ0n) is 13.7. The number of hydrogen-bond acceptors (Lipinski definition) is 4. The first-order valence-electron chi connectivity index (χ1n) is 7.94. The van der Waals surface area contributed by atoms with Crippen molar-refractivity contribution in [2.75, 3.05) is 37.6 Å². The lowest BCUT2D eigenvalue weighted by molar-refractivity contribution is 0.566. The summed E-state index contributed by atoms with van der Waals surface area (Å²) in [4.78, 5) is 2.37. The van der Waals surface area contributed by atoms with E-state index in [2.05, 4.69) is 39.2 Å². The van der Waals surface area contributed by atoms with Gasteiger partial charge in [-0.1, -0.05) is 19.1 Å². The molecular formula is C16H27N3O2S. The van der Waals surface area contributed by atoms with E-state index in [1.54, 1.807) is 13.8 Å². The van der Waals surface area contributed by atoms with Crippen LogP contribution in [0.3, 0.4) is 0 Å². The third-order valence-electron chi connectivity index (χ3n) is 4.16. The lowest BCUT2D eigenvalue weighted by Crippen LogP contribution is -2.43. The molecule has 1 heterocycles. The van der Waals surface area contributed by atoms with Crippen LogP contribution in [0.15, 0.2) is 24.3 Å². The first-order valence-corrected chi connectivity index (χ1v) is 9.49. The second-order valence-corrected chi connectivity index (χ2v) is 8.49. The Morgan fingerprint density at radius 2 is 1.73 bits per heavy atom. The Kier molecular flexibility index (Phi) is 5.83. The Hall–Kier alpha value is -1.11. The largest absolute Gasteiger partial charge is 0.369 e. The van der Waals surface area contributed by atoms with Gasteiger partial charge in [0.15, 0.2) is 0 Å². The predicted octanol–water partition coefficient (Wildman–Crippen LogP) is 1.53. The van der Waals surface area contributed by atoms with Gasteiger partial charge in [-0.3, -0.25) is 0 Å².